The lowest BCUT2D eigenvalue weighted by Gasteiger charge is -2.07. The number of rotatable bonds is 5. The van der Waals surface area contributed by atoms with Gasteiger partial charge in [-0.05, 0) is 39.0 Å². The van der Waals surface area contributed by atoms with Crippen molar-refractivity contribution in [3.8, 4) is 0 Å². The van der Waals surface area contributed by atoms with Crippen LogP contribution in [-0.2, 0) is 0 Å². The molecule has 2 nitrogen and oxygen atoms in total. The molecule has 0 aliphatic rings. The Bertz CT molecular complexity index is 104. The first-order chi connectivity index (χ1) is 4.66. The summed E-state index contributed by atoms with van der Waals surface area (Å²) in [7, 11) is 0. The van der Waals surface area contributed by atoms with E-state index in [0.717, 1.165) is 3.58 Å². The number of hydrogen-bond acceptors (Lipinski definition) is 2. The van der Waals surface area contributed by atoms with Crippen LogP contribution in [0.4, 0.5) is 0 Å². The second kappa shape index (κ2) is 6.12. The number of hydrogen-bond donors (Lipinski definition) is 2. The summed E-state index contributed by atoms with van der Waals surface area (Å²) in [5.41, 5.74) is 0. The van der Waals surface area contributed by atoms with Crippen molar-refractivity contribution >= 4 is 22.6 Å². The minimum absolute atomic E-state index is 0.158. The first kappa shape index (κ1) is 10.4. The van der Waals surface area contributed by atoms with Crippen LogP contribution in [0.1, 0.15) is 19.3 Å². The Kier molecular flexibility index (Phi) is 6.36. The Hall–Kier alpha value is 0.390. The van der Waals surface area contributed by atoms with Gasteiger partial charge < -0.3 is 10.2 Å². The third kappa shape index (κ3) is 6.51. The quantitative estimate of drug-likeness (QED) is 0.731. The summed E-state index contributed by atoms with van der Waals surface area (Å²) < 4.78 is 0.961. The average molecular weight is 256 g/mol. The fourth-order valence-electron chi connectivity index (χ4n) is 0.685. The Morgan fingerprint density at radius 2 is 2.20 bits per heavy atom. The number of aliphatic hydroxyl groups excluding tert-OH is 2. The molecule has 0 radical (unpaired) electrons. The molecule has 0 rings (SSSR count). The van der Waals surface area contributed by atoms with Gasteiger partial charge in [0.15, 0.2) is 0 Å². The van der Waals surface area contributed by atoms with Crippen molar-refractivity contribution in [2.45, 2.75) is 25.4 Å². The van der Waals surface area contributed by atoms with Crippen LogP contribution >= 0.6 is 22.6 Å². The molecule has 0 aromatic rings. The van der Waals surface area contributed by atoms with Crippen molar-refractivity contribution in [2.24, 2.45) is 0 Å². The van der Waals surface area contributed by atoms with E-state index in [1.807, 2.05) is 0 Å². The molecular formula is C7H13IO2. The minimum Gasteiger partial charge on any atom is -0.396 e. The van der Waals surface area contributed by atoms with E-state index < -0.39 is 0 Å². The summed E-state index contributed by atoms with van der Waals surface area (Å²) in [6.07, 6.45) is 1.65. The predicted molar refractivity (Wildman–Crippen MR) is 50.1 cm³/mol. The van der Waals surface area contributed by atoms with Crippen molar-refractivity contribution in [1.29, 1.82) is 0 Å². The molecule has 10 heavy (non-hydrogen) atoms. The topological polar surface area (TPSA) is 40.5 Å². The van der Waals surface area contributed by atoms with E-state index in [1.165, 1.54) is 0 Å². The normalized spacial score (nSPS) is 13.1. The Morgan fingerprint density at radius 1 is 1.60 bits per heavy atom. The molecule has 0 aromatic carbocycles. The van der Waals surface area contributed by atoms with Gasteiger partial charge in [-0.3, -0.25) is 0 Å². The monoisotopic (exact) mass is 256 g/mol. The maximum absolute atomic E-state index is 9.17. The molecule has 0 aliphatic heterocycles. The molecule has 3 heteroatoms. The molecule has 0 saturated heterocycles. The third-order valence-electron chi connectivity index (χ3n) is 1.15. The highest BCUT2D eigenvalue weighted by atomic mass is 127. The largest absolute Gasteiger partial charge is 0.396 e. The van der Waals surface area contributed by atoms with Gasteiger partial charge in [0.2, 0.25) is 0 Å². The molecule has 0 fully saturated rings. The molecule has 0 spiro atoms. The van der Waals surface area contributed by atoms with Gasteiger partial charge in [0.05, 0.1) is 6.10 Å². The SMILES string of the molecule is C=C(I)CC(O)CCCO. The van der Waals surface area contributed by atoms with Gasteiger partial charge in [0.1, 0.15) is 0 Å². The summed E-state index contributed by atoms with van der Waals surface area (Å²) in [4.78, 5) is 0. The molecule has 1 atom stereocenters. The van der Waals surface area contributed by atoms with Crippen LogP contribution < -0.4 is 0 Å². The second-order valence-electron chi connectivity index (χ2n) is 2.24. The second-order valence-corrected chi connectivity index (χ2v) is 3.77. The van der Waals surface area contributed by atoms with Crippen molar-refractivity contribution in [1.82, 2.24) is 0 Å². The maximum Gasteiger partial charge on any atom is 0.0585 e. The molecule has 0 aromatic heterocycles. The first-order valence-electron chi connectivity index (χ1n) is 3.29. The zero-order valence-corrected chi connectivity index (χ0v) is 8.04. The zero-order chi connectivity index (χ0) is 7.98. The van der Waals surface area contributed by atoms with Gasteiger partial charge in [0, 0.05) is 13.0 Å². The summed E-state index contributed by atoms with van der Waals surface area (Å²) in [5.74, 6) is 0. The van der Waals surface area contributed by atoms with E-state index in [2.05, 4.69) is 29.2 Å². The van der Waals surface area contributed by atoms with Crippen LogP contribution in [0.5, 0.6) is 0 Å². The lowest BCUT2D eigenvalue weighted by molar-refractivity contribution is 0.152. The van der Waals surface area contributed by atoms with E-state index in [9.17, 15) is 5.11 Å². The van der Waals surface area contributed by atoms with Crippen molar-refractivity contribution in [3.63, 3.8) is 0 Å². The summed E-state index contributed by atoms with van der Waals surface area (Å²) in [6, 6.07) is 0. The summed E-state index contributed by atoms with van der Waals surface area (Å²) in [6.45, 7) is 3.82. The van der Waals surface area contributed by atoms with Gasteiger partial charge in [-0.2, -0.15) is 0 Å². The molecule has 2 N–H and O–H groups in total. The molecule has 60 valence electrons. The predicted octanol–water partition coefficient (Wildman–Crippen LogP) is 1.46. The van der Waals surface area contributed by atoms with Crippen molar-refractivity contribution < 1.29 is 10.2 Å². The van der Waals surface area contributed by atoms with Crippen LogP contribution in [0.25, 0.3) is 0 Å². The van der Waals surface area contributed by atoms with Crippen molar-refractivity contribution in [3.05, 3.63) is 10.2 Å². The van der Waals surface area contributed by atoms with Crippen LogP contribution in [-0.4, -0.2) is 22.9 Å². The molecule has 0 heterocycles. The zero-order valence-electron chi connectivity index (χ0n) is 5.89. The van der Waals surface area contributed by atoms with Crippen LogP contribution in [0, 0.1) is 0 Å². The maximum atomic E-state index is 9.17. The molecule has 0 amide bonds. The van der Waals surface area contributed by atoms with E-state index in [0.29, 0.717) is 19.3 Å². The fraction of sp³-hybridized carbons (Fsp3) is 0.714. The highest BCUT2D eigenvalue weighted by Gasteiger charge is 2.02. The average Bonchev–Trinajstić information content (AvgIpc) is 1.82. The molecular weight excluding hydrogens is 243 g/mol. The number of aliphatic hydroxyl groups is 2. The van der Waals surface area contributed by atoms with Gasteiger partial charge in [-0.15, -0.1) is 0 Å². The Labute approximate surface area is 75.1 Å². The molecule has 0 bridgehead atoms. The van der Waals surface area contributed by atoms with Crippen molar-refractivity contribution in [2.75, 3.05) is 6.61 Å². The highest BCUT2D eigenvalue weighted by Crippen LogP contribution is 2.13. The smallest absolute Gasteiger partial charge is 0.0585 e. The van der Waals surface area contributed by atoms with Gasteiger partial charge in [-0.25, -0.2) is 0 Å². The molecule has 1 unspecified atom stereocenters. The van der Waals surface area contributed by atoms with Gasteiger partial charge >= 0.3 is 0 Å². The molecule has 0 saturated carbocycles. The fourth-order valence-corrected chi connectivity index (χ4v) is 1.19. The van der Waals surface area contributed by atoms with E-state index in [4.69, 9.17) is 5.11 Å². The standard InChI is InChI=1S/C7H13IO2/c1-6(8)5-7(10)3-2-4-9/h7,9-10H,1-5H2. The van der Waals surface area contributed by atoms with E-state index in [1.54, 1.807) is 0 Å². The number of halogens is 1. The van der Waals surface area contributed by atoms with Crippen LogP contribution in [0.3, 0.4) is 0 Å². The van der Waals surface area contributed by atoms with Gasteiger partial charge in [0.25, 0.3) is 0 Å². The minimum atomic E-state index is -0.323. The Balaban J connectivity index is 3.25. The summed E-state index contributed by atoms with van der Waals surface area (Å²) in [5, 5.41) is 17.6. The van der Waals surface area contributed by atoms with E-state index in [-0.39, 0.29) is 12.7 Å². The van der Waals surface area contributed by atoms with Gasteiger partial charge in [-0.1, -0.05) is 6.58 Å². The third-order valence-corrected chi connectivity index (χ3v) is 1.59. The molecule has 0 aliphatic carbocycles. The lowest BCUT2D eigenvalue weighted by atomic mass is 10.1. The van der Waals surface area contributed by atoms with Crippen LogP contribution in [0.15, 0.2) is 10.2 Å². The summed E-state index contributed by atoms with van der Waals surface area (Å²) >= 11 is 2.09. The Morgan fingerprint density at radius 3 is 2.60 bits per heavy atom. The lowest BCUT2D eigenvalue weighted by Crippen LogP contribution is -2.06. The highest BCUT2D eigenvalue weighted by molar-refractivity contribution is 14.1. The van der Waals surface area contributed by atoms with Crippen LogP contribution in [0.2, 0.25) is 0 Å². The first-order valence-corrected chi connectivity index (χ1v) is 4.37. The van der Waals surface area contributed by atoms with E-state index >= 15 is 0 Å².